The van der Waals surface area contributed by atoms with Gasteiger partial charge in [0.25, 0.3) is 5.91 Å². The molecule has 0 atom stereocenters. The molecule has 2 N–H and O–H groups in total. The Balaban J connectivity index is 1.40. The summed E-state index contributed by atoms with van der Waals surface area (Å²) >= 11 is 5.91. The molecule has 2 aliphatic rings. The molecule has 1 saturated carbocycles. The maximum atomic E-state index is 13.4. The van der Waals surface area contributed by atoms with Gasteiger partial charge in [-0.2, -0.15) is 0 Å². The molecule has 0 aromatic carbocycles. The first-order chi connectivity index (χ1) is 17.4. The second kappa shape index (κ2) is 10.4. The molecule has 0 unspecified atom stereocenters. The van der Waals surface area contributed by atoms with Gasteiger partial charge in [0.05, 0.1) is 10.4 Å². The lowest BCUT2D eigenvalue weighted by Crippen LogP contribution is -2.38. The van der Waals surface area contributed by atoms with E-state index in [0.29, 0.717) is 39.4 Å². The van der Waals surface area contributed by atoms with Gasteiger partial charge in [-0.25, -0.2) is 9.97 Å². The van der Waals surface area contributed by atoms with Gasteiger partial charge in [0.15, 0.2) is 0 Å². The number of halogens is 1. The SMILES string of the molecule is CN(C)c1nccc2oc(C(=O)Nc3ccc(Cl)cn3)c(NC(=O)[C@H]3CC[C@H](N4CCCC4)CC3)c12. The fraction of sp³-hybridized carbons (Fsp3) is 0.462. The number of nitrogens with zero attached hydrogens (tertiary/aromatic N) is 4. The van der Waals surface area contributed by atoms with E-state index in [1.165, 1.54) is 32.1 Å². The lowest BCUT2D eigenvalue weighted by Gasteiger charge is -2.33. The van der Waals surface area contributed by atoms with Crippen LogP contribution in [0.1, 0.15) is 49.1 Å². The molecule has 5 rings (SSSR count). The Hall–Kier alpha value is -3.17. The van der Waals surface area contributed by atoms with Crippen LogP contribution in [0, 0.1) is 5.92 Å². The minimum absolute atomic E-state index is 0.0111. The largest absolute Gasteiger partial charge is 0.448 e. The summed E-state index contributed by atoms with van der Waals surface area (Å²) in [6, 6.07) is 5.51. The lowest BCUT2D eigenvalue weighted by molar-refractivity contribution is -0.121. The number of aromatic nitrogens is 2. The van der Waals surface area contributed by atoms with Crippen molar-refractivity contribution in [3.05, 3.63) is 41.4 Å². The number of hydrogen-bond donors (Lipinski definition) is 2. The van der Waals surface area contributed by atoms with Gasteiger partial charge in [-0.15, -0.1) is 0 Å². The zero-order valence-corrected chi connectivity index (χ0v) is 21.3. The van der Waals surface area contributed by atoms with E-state index < -0.39 is 5.91 Å². The van der Waals surface area contributed by atoms with E-state index >= 15 is 0 Å². The van der Waals surface area contributed by atoms with Crippen LogP contribution in [0.25, 0.3) is 11.0 Å². The summed E-state index contributed by atoms with van der Waals surface area (Å²) in [4.78, 5) is 39.7. The number of likely N-dealkylation sites (tertiary alicyclic amines) is 1. The average Bonchev–Trinajstić information content (AvgIpc) is 3.54. The normalized spacial score (nSPS) is 20.4. The zero-order chi connectivity index (χ0) is 25.2. The summed E-state index contributed by atoms with van der Waals surface area (Å²) in [6.07, 6.45) is 9.31. The van der Waals surface area contributed by atoms with Gasteiger partial charge < -0.3 is 24.9 Å². The fourth-order valence-electron chi connectivity index (χ4n) is 5.30. The van der Waals surface area contributed by atoms with Gasteiger partial charge in [0.2, 0.25) is 11.7 Å². The molecule has 10 heteroatoms. The Morgan fingerprint density at radius 1 is 1.06 bits per heavy atom. The number of rotatable bonds is 6. The predicted molar refractivity (Wildman–Crippen MR) is 141 cm³/mol. The van der Waals surface area contributed by atoms with Crippen LogP contribution in [0.5, 0.6) is 0 Å². The smallest absolute Gasteiger partial charge is 0.294 e. The Kier molecular flexibility index (Phi) is 7.11. The number of carbonyl (C=O) groups excluding carboxylic acids is 2. The van der Waals surface area contributed by atoms with Crippen LogP contribution in [-0.2, 0) is 4.79 Å². The molecular formula is C26H31ClN6O3. The maximum Gasteiger partial charge on any atom is 0.294 e. The number of hydrogen-bond acceptors (Lipinski definition) is 7. The van der Waals surface area contributed by atoms with Crippen molar-refractivity contribution in [1.82, 2.24) is 14.9 Å². The second-order valence-electron chi connectivity index (χ2n) is 9.76. The van der Waals surface area contributed by atoms with Gasteiger partial charge >= 0.3 is 0 Å². The predicted octanol–water partition coefficient (Wildman–Crippen LogP) is 4.79. The summed E-state index contributed by atoms with van der Waals surface area (Å²) in [6.45, 7) is 2.34. The van der Waals surface area contributed by atoms with E-state index in [1.807, 2.05) is 19.0 Å². The molecule has 1 aliphatic heterocycles. The highest BCUT2D eigenvalue weighted by atomic mass is 35.5. The van der Waals surface area contributed by atoms with Gasteiger partial charge in [0.1, 0.15) is 22.9 Å². The maximum absolute atomic E-state index is 13.4. The van der Waals surface area contributed by atoms with Crippen LogP contribution in [-0.4, -0.2) is 59.9 Å². The molecule has 1 aliphatic carbocycles. The van der Waals surface area contributed by atoms with Crippen molar-refractivity contribution in [3.8, 4) is 0 Å². The van der Waals surface area contributed by atoms with Crippen molar-refractivity contribution >= 4 is 51.7 Å². The number of amides is 2. The number of anilines is 3. The van der Waals surface area contributed by atoms with E-state index in [2.05, 4.69) is 25.5 Å². The number of carbonyl (C=O) groups is 2. The summed E-state index contributed by atoms with van der Waals surface area (Å²) in [5, 5.41) is 6.83. The summed E-state index contributed by atoms with van der Waals surface area (Å²) in [7, 11) is 3.72. The topological polar surface area (TPSA) is 104 Å². The number of furan rings is 1. The van der Waals surface area contributed by atoms with Crippen molar-refractivity contribution in [3.63, 3.8) is 0 Å². The molecular weight excluding hydrogens is 480 g/mol. The highest BCUT2D eigenvalue weighted by molar-refractivity contribution is 6.30. The minimum Gasteiger partial charge on any atom is -0.448 e. The third kappa shape index (κ3) is 5.03. The highest BCUT2D eigenvalue weighted by Gasteiger charge is 2.32. The van der Waals surface area contributed by atoms with Crippen molar-refractivity contribution in [2.24, 2.45) is 5.92 Å². The summed E-state index contributed by atoms with van der Waals surface area (Å²) < 4.78 is 5.97. The number of fused-ring (bicyclic) bond motifs is 1. The third-order valence-corrected chi connectivity index (χ3v) is 7.38. The molecule has 3 aromatic heterocycles. The Morgan fingerprint density at radius 3 is 2.47 bits per heavy atom. The van der Waals surface area contributed by atoms with E-state index in [0.717, 1.165) is 25.7 Å². The molecule has 2 fully saturated rings. The summed E-state index contributed by atoms with van der Waals surface area (Å²) in [5.41, 5.74) is 0.802. The Labute approximate surface area is 215 Å². The number of pyridine rings is 2. The average molecular weight is 511 g/mol. The van der Waals surface area contributed by atoms with Crippen LogP contribution >= 0.6 is 11.6 Å². The molecule has 1 saturated heterocycles. The molecule has 36 heavy (non-hydrogen) atoms. The molecule has 3 aromatic rings. The van der Waals surface area contributed by atoms with E-state index in [-0.39, 0.29) is 17.6 Å². The molecule has 0 bridgehead atoms. The summed E-state index contributed by atoms with van der Waals surface area (Å²) in [5.74, 6) is 0.226. The first-order valence-electron chi connectivity index (χ1n) is 12.5. The van der Waals surface area contributed by atoms with E-state index in [4.69, 9.17) is 16.0 Å². The third-order valence-electron chi connectivity index (χ3n) is 7.15. The van der Waals surface area contributed by atoms with Gasteiger partial charge in [-0.1, -0.05) is 11.6 Å². The van der Waals surface area contributed by atoms with Gasteiger partial charge in [-0.3, -0.25) is 9.59 Å². The van der Waals surface area contributed by atoms with Crippen molar-refractivity contribution in [2.45, 2.75) is 44.6 Å². The molecule has 190 valence electrons. The van der Waals surface area contributed by atoms with Gasteiger partial charge in [0, 0.05) is 38.4 Å². The standard InChI is InChI=1S/C26H31ClN6O3/c1-32(2)24-21-19(11-12-28-24)36-23(26(35)30-20-10-7-17(27)15-29-20)22(21)31-25(34)16-5-8-18(9-6-16)33-13-3-4-14-33/h7,10-12,15-16,18H,3-6,8-9,13-14H2,1-2H3,(H,31,34)(H,29,30,35)/t16-,18-. The number of nitrogens with one attached hydrogen (secondary N) is 2. The van der Waals surface area contributed by atoms with Crippen LogP contribution in [0.2, 0.25) is 5.02 Å². The van der Waals surface area contributed by atoms with Crippen molar-refractivity contribution < 1.29 is 14.0 Å². The minimum atomic E-state index is -0.515. The molecule has 2 amide bonds. The second-order valence-corrected chi connectivity index (χ2v) is 10.2. The van der Waals surface area contributed by atoms with Crippen LogP contribution in [0.3, 0.4) is 0 Å². The first kappa shape index (κ1) is 24.5. The van der Waals surface area contributed by atoms with Crippen LogP contribution in [0.15, 0.2) is 35.0 Å². The highest BCUT2D eigenvalue weighted by Crippen LogP contribution is 2.38. The van der Waals surface area contributed by atoms with Crippen molar-refractivity contribution in [2.75, 3.05) is 42.7 Å². The Bertz CT molecular complexity index is 1240. The Morgan fingerprint density at radius 2 is 1.81 bits per heavy atom. The van der Waals surface area contributed by atoms with Crippen LogP contribution < -0.4 is 15.5 Å². The van der Waals surface area contributed by atoms with E-state index in [9.17, 15) is 9.59 Å². The monoisotopic (exact) mass is 510 g/mol. The lowest BCUT2D eigenvalue weighted by atomic mass is 9.84. The molecule has 9 nitrogen and oxygen atoms in total. The molecule has 4 heterocycles. The molecule has 0 radical (unpaired) electrons. The molecule has 0 spiro atoms. The van der Waals surface area contributed by atoms with Gasteiger partial charge in [-0.05, 0) is 69.8 Å². The van der Waals surface area contributed by atoms with E-state index in [1.54, 1.807) is 24.4 Å². The van der Waals surface area contributed by atoms with Crippen LogP contribution in [0.4, 0.5) is 17.3 Å². The fourth-order valence-corrected chi connectivity index (χ4v) is 5.42. The van der Waals surface area contributed by atoms with Crippen molar-refractivity contribution in [1.29, 1.82) is 0 Å². The zero-order valence-electron chi connectivity index (χ0n) is 20.6. The first-order valence-corrected chi connectivity index (χ1v) is 12.8. The quantitative estimate of drug-likeness (QED) is 0.491.